The van der Waals surface area contributed by atoms with E-state index in [0.717, 1.165) is 0 Å². The second-order valence-electron chi connectivity index (χ2n) is 5.35. The summed E-state index contributed by atoms with van der Waals surface area (Å²) in [4.78, 5) is 1.61. The largest absolute Gasteiger partial charge is 0.380 e. The molecule has 0 amide bonds. The minimum absolute atomic E-state index is 0.424. The normalized spacial score (nSPS) is 31.6. The third kappa shape index (κ3) is 2.62. The van der Waals surface area contributed by atoms with Crippen LogP contribution in [0.1, 0.15) is 48.6 Å². The molecule has 1 N–H and O–H groups in total. The Morgan fingerprint density at radius 2 is 2.22 bits per heavy atom. The van der Waals surface area contributed by atoms with Crippen LogP contribution in [-0.2, 0) is 11.2 Å². The van der Waals surface area contributed by atoms with Gasteiger partial charge in [0.05, 0.1) is 8.99 Å². The summed E-state index contributed by atoms with van der Waals surface area (Å²) in [6.45, 7) is 0. The van der Waals surface area contributed by atoms with E-state index >= 15 is 0 Å². The van der Waals surface area contributed by atoms with Gasteiger partial charge in [0, 0.05) is 24.1 Å². The second-order valence-corrected chi connectivity index (χ2v) is 8.38. The molecule has 2 aliphatic carbocycles. The molecule has 1 aromatic rings. The maximum Gasteiger partial charge on any atom is 0.0724 e. The first-order chi connectivity index (χ1) is 8.78. The van der Waals surface area contributed by atoms with E-state index < -0.39 is 0 Å². The van der Waals surface area contributed by atoms with Gasteiger partial charge in [-0.2, -0.15) is 0 Å². The highest BCUT2D eigenvalue weighted by Gasteiger charge is 2.31. The molecule has 0 aromatic carbocycles. The van der Waals surface area contributed by atoms with E-state index in [4.69, 9.17) is 4.74 Å². The Bertz CT molecular complexity index is 420. The Morgan fingerprint density at radius 1 is 1.33 bits per heavy atom. The molecule has 18 heavy (non-hydrogen) atoms. The molecule has 0 radical (unpaired) electrons. The van der Waals surface area contributed by atoms with Crippen LogP contribution in [0.4, 0.5) is 0 Å². The molecular weight excluding hydrogens is 357 g/mol. The Kier molecular flexibility index (Phi) is 4.28. The SMILES string of the molecule is COC1CCCC1NC1CCCc2sc(I)cc21. The van der Waals surface area contributed by atoms with Gasteiger partial charge in [0.1, 0.15) is 0 Å². The van der Waals surface area contributed by atoms with Crippen molar-refractivity contribution in [3.63, 3.8) is 0 Å². The molecule has 3 rings (SSSR count). The number of methoxy groups -OCH3 is 1. The number of halogens is 1. The predicted octanol–water partition coefficient (Wildman–Crippen LogP) is 3.89. The van der Waals surface area contributed by atoms with Crippen LogP contribution in [-0.4, -0.2) is 19.3 Å². The lowest BCUT2D eigenvalue weighted by Crippen LogP contribution is -2.40. The van der Waals surface area contributed by atoms with E-state index in [2.05, 4.69) is 34.0 Å². The first kappa shape index (κ1) is 13.3. The van der Waals surface area contributed by atoms with Crippen LogP contribution in [0.25, 0.3) is 0 Å². The van der Waals surface area contributed by atoms with Crippen LogP contribution in [0.15, 0.2) is 6.07 Å². The van der Waals surface area contributed by atoms with Gasteiger partial charge in [-0.1, -0.05) is 0 Å². The summed E-state index contributed by atoms with van der Waals surface area (Å²) in [6.07, 6.45) is 8.10. The standard InChI is InChI=1S/C14H20INOS/c1-17-12-6-2-5-11(12)16-10-4-3-7-13-9(10)8-14(15)18-13/h8,10-12,16H,2-7H2,1H3. The summed E-state index contributed by atoms with van der Waals surface area (Å²) in [6, 6.07) is 3.51. The van der Waals surface area contributed by atoms with Crippen LogP contribution in [0.3, 0.4) is 0 Å². The van der Waals surface area contributed by atoms with Gasteiger partial charge >= 0.3 is 0 Å². The molecule has 0 aliphatic heterocycles. The molecule has 100 valence electrons. The third-order valence-electron chi connectivity index (χ3n) is 4.25. The van der Waals surface area contributed by atoms with Crippen molar-refractivity contribution in [1.29, 1.82) is 0 Å². The Morgan fingerprint density at radius 3 is 3.06 bits per heavy atom. The van der Waals surface area contributed by atoms with E-state index in [1.165, 1.54) is 41.4 Å². The molecule has 4 heteroatoms. The topological polar surface area (TPSA) is 21.3 Å². The average molecular weight is 377 g/mol. The van der Waals surface area contributed by atoms with Crippen molar-refractivity contribution >= 4 is 33.9 Å². The lowest BCUT2D eigenvalue weighted by Gasteiger charge is -2.29. The highest BCUT2D eigenvalue weighted by molar-refractivity contribution is 14.1. The first-order valence-corrected chi connectivity index (χ1v) is 8.74. The van der Waals surface area contributed by atoms with E-state index in [1.807, 2.05) is 18.4 Å². The fraction of sp³-hybridized carbons (Fsp3) is 0.714. The number of rotatable bonds is 3. The van der Waals surface area contributed by atoms with E-state index in [9.17, 15) is 0 Å². The van der Waals surface area contributed by atoms with Crippen LogP contribution < -0.4 is 5.32 Å². The van der Waals surface area contributed by atoms with Crippen LogP contribution >= 0.6 is 33.9 Å². The average Bonchev–Trinajstić information content (AvgIpc) is 2.94. The molecule has 2 aliphatic rings. The van der Waals surface area contributed by atoms with Crippen LogP contribution in [0.2, 0.25) is 0 Å². The minimum atomic E-state index is 0.424. The van der Waals surface area contributed by atoms with Gasteiger partial charge < -0.3 is 10.1 Å². The molecule has 2 nitrogen and oxygen atoms in total. The summed E-state index contributed by atoms with van der Waals surface area (Å²) in [5.41, 5.74) is 1.57. The number of fused-ring (bicyclic) bond motifs is 1. The predicted molar refractivity (Wildman–Crippen MR) is 84.3 cm³/mol. The van der Waals surface area contributed by atoms with Crippen molar-refractivity contribution in [3.05, 3.63) is 19.4 Å². The lowest BCUT2D eigenvalue weighted by atomic mass is 9.93. The highest BCUT2D eigenvalue weighted by atomic mass is 127. The molecule has 0 saturated heterocycles. The molecule has 1 heterocycles. The van der Waals surface area contributed by atoms with Crippen molar-refractivity contribution in [1.82, 2.24) is 5.32 Å². The summed E-state index contributed by atoms with van der Waals surface area (Å²) in [5.74, 6) is 0. The number of nitrogens with one attached hydrogen (secondary N) is 1. The van der Waals surface area contributed by atoms with E-state index in [0.29, 0.717) is 18.2 Å². The lowest BCUT2D eigenvalue weighted by molar-refractivity contribution is 0.0803. The molecular formula is C14H20INOS. The summed E-state index contributed by atoms with van der Waals surface area (Å²) in [7, 11) is 1.85. The van der Waals surface area contributed by atoms with Gasteiger partial charge in [-0.3, -0.25) is 0 Å². The van der Waals surface area contributed by atoms with Gasteiger partial charge in [0.25, 0.3) is 0 Å². The number of thiophene rings is 1. The summed E-state index contributed by atoms with van der Waals surface area (Å²) in [5, 5.41) is 3.87. The van der Waals surface area contributed by atoms with E-state index in [-0.39, 0.29) is 0 Å². The Labute approximate surface area is 127 Å². The minimum Gasteiger partial charge on any atom is -0.380 e. The summed E-state index contributed by atoms with van der Waals surface area (Å²) < 4.78 is 7.03. The molecule has 0 spiro atoms. The molecule has 3 unspecified atom stereocenters. The van der Waals surface area contributed by atoms with Crippen molar-refractivity contribution in [2.45, 2.75) is 56.7 Å². The van der Waals surface area contributed by atoms with Crippen LogP contribution in [0.5, 0.6) is 0 Å². The highest BCUT2D eigenvalue weighted by Crippen LogP contribution is 2.37. The van der Waals surface area contributed by atoms with Gasteiger partial charge in [-0.05, 0) is 72.7 Å². The zero-order chi connectivity index (χ0) is 12.5. The fourth-order valence-electron chi connectivity index (χ4n) is 3.35. The molecule has 0 bridgehead atoms. The molecule has 3 atom stereocenters. The van der Waals surface area contributed by atoms with Crippen molar-refractivity contribution in [2.75, 3.05) is 7.11 Å². The maximum atomic E-state index is 5.60. The van der Waals surface area contributed by atoms with Crippen molar-refractivity contribution in [3.8, 4) is 0 Å². The van der Waals surface area contributed by atoms with Crippen LogP contribution in [0, 0.1) is 2.88 Å². The van der Waals surface area contributed by atoms with Crippen molar-refractivity contribution in [2.24, 2.45) is 0 Å². The Hall–Kier alpha value is 0.350. The van der Waals surface area contributed by atoms with Gasteiger partial charge in [0.15, 0.2) is 0 Å². The monoisotopic (exact) mass is 377 g/mol. The third-order valence-corrected chi connectivity index (χ3v) is 6.23. The van der Waals surface area contributed by atoms with Gasteiger partial charge in [0.2, 0.25) is 0 Å². The molecule has 1 fully saturated rings. The second kappa shape index (κ2) is 5.77. The molecule has 1 saturated carbocycles. The summed E-state index contributed by atoms with van der Waals surface area (Å²) >= 11 is 4.43. The quantitative estimate of drug-likeness (QED) is 0.808. The number of hydrogen-bond donors (Lipinski definition) is 1. The smallest absolute Gasteiger partial charge is 0.0724 e. The fourth-order valence-corrected chi connectivity index (χ4v) is 5.47. The van der Waals surface area contributed by atoms with Gasteiger partial charge in [-0.25, -0.2) is 0 Å². The maximum absolute atomic E-state index is 5.60. The zero-order valence-electron chi connectivity index (χ0n) is 10.7. The zero-order valence-corrected chi connectivity index (χ0v) is 13.7. The first-order valence-electron chi connectivity index (χ1n) is 6.85. The van der Waals surface area contributed by atoms with E-state index in [1.54, 1.807) is 10.4 Å². The number of ether oxygens (including phenoxy) is 1. The number of aryl methyl sites for hydroxylation is 1. The van der Waals surface area contributed by atoms with Crippen molar-refractivity contribution < 1.29 is 4.74 Å². The van der Waals surface area contributed by atoms with Gasteiger partial charge in [-0.15, -0.1) is 11.3 Å². The molecule has 1 aromatic heterocycles. The number of hydrogen-bond acceptors (Lipinski definition) is 3. The Balaban J connectivity index is 1.74.